The number of nitrogens with zero attached hydrogens (tertiary/aromatic N) is 1. The zero-order chi connectivity index (χ0) is 23.2. The number of ether oxygens (including phenoxy) is 1. The van der Waals surface area contributed by atoms with Crippen molar-refractivity contribution in [1.82, 2.24) is 9.55 Å². The Morgan fingerprint density at radius 2 is 1.77 bits per heavy atom. The van der Waals surface area contributed by atoms with Crippen LogP contribution >= 0.6 is 0 Å². The molecule has 0 aromatic carbocycles. The predicted octanol–water partition coefficient (Wildman–Crippen LogP) is 0.995. The second kappa shape index (κ2) is 10.9. The summed E-state index contributed by atoms with van der Waals surface area (Å²) >= 11 is 0. The molecule has 174 valence electrons. The van der Waals surface area contributed by atoms with E-state index in [1.807, 2.05) is 13.8 Å². The molecule has 1 aliphatic rings. The molecule has 1 aromatic heterocycles. The van der Waals surface area contributed by atoms with Gasteiger partial charge in [0.15, 0.2) is 5.78 Å². The van der Waals surface area contributed by atoms with Gasteiger partial charge in [0.2, 0.25) is 11.5 Å². The molecule has 0 amide bonds. The summed E-state index contributed by atoms with van der Waals surface area (Å²) in [7, 11) is 0. The predicted molar refractivity (Wildman–Crippen MR) is 109 cm³/mol. The van der Waals surface area contributed by atoms with Crippen LogP contribution in [0, 0.1) is 11.7 Å². The van der Waals surface area contributed by atoms with Gasteiger partial charge >= 0.3 is 5.69 Å². The molecule has 10 heteroatoms. The number of H-pyrrole nitrogens is 1. The van der Waals surface area contributed by atoms with Crippen LogP contribution in [-0.2, 0) is 20.1 Å². The third kappa shape index (κ3) is 5.02. The maximum Gasteiger partial charge on any atom is 0.331 e. The molecule has 4 atom stereocenters. The number of aliphatic hydroxyl groups is 2. The number of halogens is 1. The molecule has 2 heterocycles. The zero-order valence-electron chi connectivity index (χ0n) is 17.9. The maximum absolute atomic E-state index is 14.1. The van der Waals surface area contributed by atoms with Crippen LogP contribution in [0.1, 0.15) is 65.2 Å². The molecule has 0 radical (unpaired) electrons. The number of unbranched alkanes of at least 4 members (excludes halogenated alkanes) is 4. The van der Waals surface area contributed by atoms with E-state index in [2.05, 4.69) is 0 Å². The number of aromatic nitrogens is 2. The molecule has 0 saturated carbocycles. The molecule has 0 bridgehead atoms. The number of carbonyl (C=O) groups is 2. The van der Waals surface area contributed by atoms with Crippen LogP contribution in [0.2, 0.25) is 0 Å². The van der Waals surface area contributed by atoms with Crippen LogP contribution in [-0.4, -0.2) is 50.1 Å². The van der Waals surface area contributed by atoms with E-state index in [1.54, 1.807) is 4.98 Å². The maximum atomic E-state index is 14.1. The summed E-state index contributed by atoms with van der Waals surface area (Å²) < 4.78 is 20.4. The smallest absolute Gasteiger partial charge is 0.331 e. The number of Topliss-reactive ketones (excluding diaryl/α,β-unsaturated/α-hetero) is 2. The van der Waals surface area contributed by atoms with Crippen molar-refractivity contribution >= 4 is 11.6 Å². The minimum atomic E-state index is -2.36. The van der Waals surface area contributed by atoms with Crippen LogP contribution in [0.5, 0.6) is 0 Å². The quantitative estimate of drug-likeness (QED) is 0.410. The van der Waals surface area contributed by atoms with Gasteiger partial charge in [-0.3, -0.25) is 23.9 Å². The largest absolute Gasteiger partial charge is 0.394 e. The van der Waals surface area contributed by atoms with Crippen molar-refractivity contribution in [2.75, 3.05) is 6.61 Å². The van der Waals surface area contributed by atoms with Gasteiger partial charge in [-0.05, 0) is 12.8 Å². The average molecular weight is 442 g/mol. The molecule has 1 saturated heterocycles. The van der Waals surface area contributed by atoms with Gasteiger partial charge in [-0.15, -0.1) is 0 Å². The van der Waals surface area contributed by atoms with Crippen LogP contribution in [0.3, 0.4) is 0 Å². The highest BCUT2D eigenvalue weighted by Crippen LogP contribution is 2.43. The molecule has 0 unspecified atom stereocenters. The zero-order valence-corrected chi connectivity index (χ0v) is 17.9. The fourth-order valence-corrected chi connectivity index (χ4v) is 4.07. The van der Waals surface area contributed by atoms with Gasteiger partial charge in [-0.25, -0.2) is 4.79 Å². The summed E-state index contributed by atoms with van der Waals surface area (Å²) in [6.45, 7) is 3.16. The first-order valence-electron chi connectivity index (χ1n) is 10.8. The second-order valence-corrected chi connectivity index (χ2v) is 7.91. The van der Waals surface area contributed by atoms with Gasteiger partial charge in [-0.1, -0.05) is 39.5 Å². The summed E-state index contributed by atoms with van der Waals surface area (Å²) in [4.78, 5) is 52.4. The van der Waals surface area contributed by atoms with Crippen LogP contribution in [0.15, 0.2) is 15.8 Å². The van der Waals surface area contributed by atoms with Crippen LogP contribution in [0.25, 0.3) is 0 Å². The lowest BCUT2D eigenvalue weighted by molar-refractivity contribution is -0.172. The highest BCUT2D eigenvalue weighted by Gasteiger charge is 2.62. The number of ketones is 2. The summed E-state index contributed by atoms with van der Waals surface area (Å²) in [6, 6.07) is 0. The number of hydrogen-bond acceptors (Lipinski definition) is 7. The summed E-state index contributed by atoms with van der Waals surface area (Å²) in [5, 5.41) is 20.4. The molecule has 31 heavy (non-hydrogen) atoms. The number of aromatic amines is 1. The highest BCUT2D eigenvalue weighted by atomic mass is 19.1. The number of hydrogen-bond donors (Lipinski definition) is 3. The van der Waals surface area contributed by atoms with Crippen molar-refractivity contribution in [3.63, 3.8) is 0 Å². The molecule has 0 spiro atoms. The normalized spacial score (nSPS) is 25.6. The van der Waals surface area contributed by atoms with Crippen molar-refractivity contribution in [3.05, 3.63) is 32.9 Å². The van der Waals surface area contributed by atoms with Gasteiger partial charge in [0.05, 0.1) is 18.9 Å². The number of carbonyl (C=O) groups excluding carboxylic acids is 2. The van der Waals surface area contributed by atoms with Gasteiger partial charge in [0, 0.05) is 12.8 Å². The minimum Gasteiger partial charge on any atom is -0.394 e. The average Bonchev–Trinajstić information content (AvgIpc) is 3.04. The Morgan fingerprint density at radius 3 is 2.35 bits per heavy atom. The minimum absolute atomic E-state index is 0.0155. The van der Waals surface area contributed by atoms with E-state index in [1.165, 1.54) is 0 Å². The van der Waals surface area contributed by atoms with Gasteiger partial charge in [-0.2, -0.15) is 4.39 Å². The molecular weight excluding hydrogens is 411 g/mol. The molecule has 1 aliphatic heterocycles. The third-order valence-corrected chi connectivity index (χ3v) is 5.69. The van der Waals surface area contributed by atoms with Crippen molar-refractivity contribution in [3.8, 4) is 0 Å². The van der Waals surface area contributed by atoms with Crippen molar-refractivity contribution in [2.24, 2.45) is 5.92 Å². The van der Waals surface area contributed by atoms with Crippen LogP contribution < -0.4 is 11.2 Å². The van der Waals surface area contributed by atoms with E-state index in [4.69, 9.17) is 4.74 Å². The summed E-state index contributed by atoms with van der Waals surface area (Å²) in [6.07, 6.45) is 1.52. The third-order valence-electron chi connectivity index (χ3n) is 5.69. The Morgan fingerprint density at radius 1 is 1.16 bits per heavy atom. The number of nitrogens with one attached hydrogen (secondary N) is 1. The molecule has 1 aromatic rings. The lowest BCUT2D eigenvalue weighted by Crippen LogP contribution is -2.56. The Kier molecular flexibility index (Phi) is 8.84. The lowest BCUT2D eigenvalue weighted by atomic mass is 9.81. The molecule has 0 aliphatic carbocycles. The van der Waals surface area contributed by atoms with Crippen molar-refractivity contribution in [1.29, 1.82) is 0 Å². The van der Waals surface area contributed by atoms with E-state index in [0.29, 0.717) is 30.0 Å². The van der Waals surface area contributed by atoms with Gasteiger partial charge < -0.3 is 14.9 Å². The first kappa shape index (κ1) is 25.1. The SMILES string of the molecule is CCCCCC(=O)[C@@H]1[C@H](O)[C@@H](CO)O[C@@]1(C(=O)CCCCC)n1cc(F)c(=O)[nH]c1=O. The number of rotatable bonds is 12. The fourth-order valence-electron chi connectivity index (χ4n) is 4.07. The summed E-state index contributed by atoms with van der Waals surface area (Å²) in [5.41, 5.74) is -4.78. The summed E-state index contributed by atoms with van der Waals surface area (Å²) in [5.74, 6) is -4.10. The Labute approximate surface area is 179 Å². The van der Waals surface area contributed by atoms with Gasteiger partial charge in [0.25, 0.3) is 5.56 Å². The Balaban J connectivity index is 2.66. The molecule has 3 N–H and O–H groups in total. The molecule has 1 fully saturated rings. The van der Waals surface area contributed by atoms with E-state index in [9.17, 15) is 33.8 Å². The Hall–Kier alpha value is -2.17. The second-order valence-electron chi connectivity index (χ2n) is 7.91. The topological polar surface area (TPSA) is 139 Å². The number of aliphatic hydroxyl groups excluding tert-OH is 2. The van der Waals surface area contributed by atoms with Crippen molar-refractivity contribution in [2.45, 2.75) is 83.1 Å². The monoisotopic (exact) mass is 442 g/mol. The molecular formula is C21H31FN2O7. The lowest BCUT2D eigenvalue weighted by Gasteiger charge is -2.34. The van der Waals surface area contributed by atoms with Crippen molar-refractivity contribution < 1.29 is 28.9 Å². The van der Waals surface area contributed by atoms with E-state index < -0.39 is 59.1 Å². The molecule has 9 nitrogen and oxygen atoms in total. The molecule has 2 rings (SSSR count). The van der Waals surface area contributed by atoms with E-state index in [0.717, 1.165) is 19.3 Å². The first-order chi connectivity index (χ1) is 14.7. The van der Waals surface area contributed by atoms with E-state index >= 15 is 0 Å². The first-order valence-corrected chi connectivity index (χ1v) is 10.8. The standard InChI is InChI=1S/C21H31FN2O7/c1-3-5-7-9-14(26)17-18(28)15(12-25)31-21(17,16(27)10-8-6-4-2)24-11-13(22)19(29)23-20(24)30/h11,15,17-18,25,28H,3-10,12H2,1-2H3,(H,23,29,30)/t15-,17-,18-,21-/m1/s1. The van der Waals surface area contributed by atoms with Crippen LogP contribution in [0.4, 0.5) is 4.39 Å². The van der Waals surface area contributed by atoms with Gasteiger partial charge in [0.1, 0.15) is 17.8 Å². The fraction of sp³-hybridized carbons (Fsp3) is 0.714. The van der Waals surface area contributed by atoms with E-state index in [-0.39, 0.29) is 12.8 Å². The highest BCUT2D eigenvalue weighted by molar-refractivity contribution is 5.94. The Bertz CT molecular complexity index is 896.